The molecule has 0 saturated carbocycles. The van der Waals surface area contributed by atoms with Crippen LogP contribution in [0.25, 0.3) is 0 Å². The SMILES string of the molecule is CCCNc1nc(Cl)nc(Nc2cccc(Cl)c2)n1. The predicted octanol–water partition coefficient (Wildman–Crippen LogP) is 3.74. The van der Waals surface area contributed by atoms with Gasteiger partial charge in [-0.05, 0) is 36.2 Å². The van der Waals surface area contributed by atoms with Gasteiger partial charge in [-0.3, -0.25) is 0 Å². The fourth-order valence-corrected chi connectivity index (χ4v) is 1.77. The van der Waals surface area contributed by atoms with Crippen molar-refractivity contribution in [3.05, 3.63) is 34.6 Å². The van der Waals surface area contributed by atoms with Gasteiger partial charge in [0.25, 0.3) is 0 Å². The van der Waals surface area contributed by atoms with E-state index in [0.29, 0.717) is 16.9 Å². The molecule has 0 aliphatic rings. The summed E-state index contributed by atoms with van der Waals surface area (Å²) in [5, 5.41) is 6.86. The number of aromatic nitrogens is 3. The zero-order valence-corrected chi connectivity index (χ0v) is 11.8. The summed E-state index contributed by atoms with van der Waals surface area (Å²) in [5.41, 5.74) is 0.788. The first-order valence-electron chi connectivity index (χ1n) is 5.85. The summed E-state index contributed by atoms with van der Waals surface area (Å²) in [6.45, 7) is 2.83. The zero-order chi connectivity index (χ0) is 13.7. The number of halogens is 2. The molecule has 0 bridgehead atoms. The van der Waals surface area contributed by atoms with Gasteiger partial charge >= 0.3 is 0 Å². The fraction of sp³-hybridized carbons (Fsp3) is 0.250. The summed E-state index contributed by atoms with van der Waals surface area (Å²) in [5.74, 6) is 0.826. The smallest absolute Gasteiger partial charge is 0.233 e. The minimum atomic E-state index is 0.137. The van der Waals surface area contributed by atoms with Gasteiger partial charge in [0.05, 0.1) is 0 Å². The van der Waals surface area contributed by atoms with Crippen LogP contribution in [0.3, 0.4) is 0 Å². The normalized spacial score (nSPS) is 10.3. The lowest BCUT2D eigenvalue weighted by Gasteiger charge is -2.07. The molecule has 0 aliphatic heterocycles. The van der Waals surface area contributed by atoms with Crippen molar-refractivity contribution in [3.63, 3.8) is 0 Å². The molecule has 0 fully saturated rings. The summed E-state index contributed by atoms with van der Waals surface area (Å²) in [4.78, 5) is 12.2. The first-order valence-corrected chi connectivity index (χ1v) is 6.61. The van der Waals surface area contributed by atoms with Crippen LogP contribution < -0.4 is 10.6 Å². The van der Waals surface area contributed by atoms with Gasteiger partial charge in [-0.2, -0.15) is 15.0 Å². The van der Waals surface area contributed by atoms with Crippen molar-refractivity contribution < 1.29 is 0 Å². The zero-order valence-electron chi connectivity index (χ0n) is 10.3. The fourth-order valence-electron chi connectivity index (χ4n) is 1.42. The van der Waals surface area contributed by atoms with Crippen LogP contribution in [0.15, 0.2) is 24.3 Å². The first-order chi connectivity index (χ1) is 9.17. The Hall–Kier alpha value is -1.59. The molecule has 5 nitrogen and oxygen atoms in total. The van der Waals surface area contributed by atoms with E-state index in [-0.39, 0.29) is 5.28 Å². The third-order valence-corrected chi connectivity index (χ3v) is 2.63. The summed E-state index contributed by atoms with van der Waals surface area (Å²) < 4.78 is 0. The van der Waals surface area contributed by atoms with Crippen molar-refractivity contribution in [1.82, 2.24) is 15.0 Å². The van der Waals surface area contributed by atoms with Gasteiger partial charge < -0.3 is 10.6 Å². The predicted molar refractivity (Wildman–Crippen MR) is 78.4 cm³/mol. The highest BCUT2D eigenvalue weighted by molar-refractivity contribution is 6.30. The van der Waals surface area contributed by atoms with E-state index in [1.807, 2.05) is 12.1 Å². The Morgan fingerprint density at radius 1 is 1.11 bits per heavy atom. The van der Waals surface area contributed by atoms with Crippen molar-refractivity contribution in [3.8, 4) is 0 Å². The third-order valence-electron chi connectivity index (χ3n) is 2.22. The quantitative estimate of drug-likeness (QED) is 0.880. The van der Waals surface area contributed by atoms with Crippen molar-refractivity contribution in [1.29, 1.82) is 0 Å². The van der Waals surface area contributed by atoms with Gasteiger partial charge in [-0.15, -0.1) is 0 Å². The van der Waals surface area contributed by atoms with E-state index in [9.17, 15) is 0 Å². The molecule has 2 rings (SSSR count). The standard InChI is InChI=1S/C12H13Cl2N5/c1-2-6-15-11-17-10(14)18-12(19-11)16-9-5-3-4-8(13)7-9/h3-5,7H,2,6H2,1H3,(H2,15,16,17,18,19). The Kier molecular flexibility index (Phi) is 4.76. The van der Waals surface area contributed by atoms with E-state index in [1.165, 1.54) is 0 Å². The average Bonchev–Trinajstić information content (AvgIpc) is 2.35. The van der Waals surface area contributed by atoms with Crippen LogP contribution in [-0.4, -0.2) is 21.5 Å². The second-order valence-electron chi connectivity index (χ2n) is 3.81. The van der Waals surface area contributed by atoms with E-state index in [4.69, 9.17) is 23.2 Å². The maximum atomic E-state index is 5.91. The maximum absolute atomic E-state index is 5.91. The summed E-state index contributed by atoms with van der Waals surface area (Å²) in [6, 6.07) is 7.27. The average molecular weight is 298 g/mol. The second-order valence-corrected chi connectivity index (χ2v) is 4.59. The molecule has 0 atom stereocenters. The summed E-state index contributed by atoms with van der Waals surface area (Å²) in [6.07, 6.45) is 0.973. The van der Waals surface area contributed by atoms with E-state index in [1.54, 1.807) is 12.1 Å². The van der Waals surface area contributed by atoms with E-state index < -0.39 is 0 Å². The molecule has 0 aliphatic carbocycles. The van der Waals surface area contributed by atoms with Crippen molar-refractivity contribution in [2.75, 3.05) is 17.2 Å². The Morgan fingerprint density at radius 3 is 2.63 bits per heavy atom. The number of benzene rings is 1. The first kappa shape index (κ1) is 13.8. The van der Waals surface area contributed by atoms with E-state index in [2.05, 4.69) is 32.5 Å². The summed E-state index contributed by atoms with van der Waals surface area (Å²) >= 11 is 11.8. The van der Waals surface area contributed by atoms with Crippen molar-refractivity contribution >= 4 is 40.8 Å². The largest absolute Gasteiger partial charge is 0.354 e. The van der Waals surface area contributed by atoms with Crippen LogP contribution in [0.4, 0.5) is 17.6 Å². The van der Waals surface area contributed by atoms with E-state index >= 15 is 0 Å². The van der Waals surface area contributed by atoms with Crippen LogP contribution >= 0.6 is 23.2 Å². The second kappa shape index (κ2) is 6.54. The van der Waals surface area contributed by atoms with Gasteiger partial charge in [0.1, 0.15) is 0 Å². The van der Waals surface area contributed by atoms with Gasteiger partial charge in [-0.25, -0.2) is 0 Å². The maximum Gasteiger partial charge on any atom is 0.233 e. The lowest BCUT2D eigenvalue weighted by molar-refractivity contribution is 0.940. The molecule has 0 saturated heterocycles. The highest BCUT2D eigenvalue weighted by atomic mass is 35.5. The number of anilines is 3. The van der Waals surface area contributed by atoms with Crippen molar-refractivity contribution in [2.24, 2.45) is 0 Å². The molecule has 0 unspecified atom stereocenters. The highest BCUT2D eigenvalue weighted by Gasteiger charge is 2.05. The lowest BCUT2D eigenvalue weighted by atomic mass is 10.3. The van der Waals surface area contributed by atoms with Gasteiger partial charge in [0, 0.05) is 17.3 Å². The minimum Gasteiger partial charge on any atom is -0.354 e. The van der Waals surface area contributed by atoms with Gasteiger partial charge in [0.2, 0.25) is 17.2 Å². The molecule has 19 heavy (non-hydrogen) atoms. The number of nitrogens with zero attached hydrogens (tertiary/aromatic N) is 3. The molecule has 2 aromatic rings. The van der Waals surface area contributed by atoms with Gasteiger partial charge in [-0.1, -0.05) is 24.6 Å². The molecule has 1 heterocycles. The van der Waals surface area contributed by atoms with Crippen molar-refractivity contribution in [2.45, 2.75) is 13.3 Å². The Bertz CT molecular complexity index is 562. The lowest BCUT2D eigenvalue weighted by Crippen LogP contribution is -2.07. The third kappa shape index (κ3) is 4.22. The Labute approximate surface area is 121 Å². The highest BCUT2D eigenvalue weighted by Crippen LogP contribution is 2.19. The van der Waals surface area contributed by atoms with Crippen LogP contribution in [0.2, 0.25) is 10.3 Å². The monoisotopic (exact) mass is 297 g/mol. The molecule has 1 aromatic heterocycles. The van der Waals surface area contributed by atoms with Crippen LogP contribution in [0.5, 0.6) is 0 Å². The number of rotatable bonds is 5. The summed E-state index contributed by atoms with van der Waals surface area (Å²) in [7, 11) is 0. The molecule has 7 heteroatoms. The van der Waals surface area contributed by atoms with Crippen LogP contribution in [-0.2, 0) is 0 Å². The Morgan fingerprint density at radius 2 is 1.89 bits per heavy atom. The molecule has 1 aromatic carbocycles. The molecular weight excluding hydrogens is 285 g/mol. The van der Waals surface area contributed by atoms with Crippen LogP contribution in [0.1, 0.15) is 13.3 Å². The minimum absolute atomic E-state index is 0.137. The molecule has 0 spiro atoms. The van der Waals surface area contributed by atoms with E-state index in [0.717, 1.165) is 18.7 Å². The van der Waals surface area contributed by atoms with Crippen LogP contribution in [0, 0.1) is 0 Å². The van der Waals surface area contributed by atoms with Gasteiger partial charge in [0.15, 0.2) is 0 Å². The molecule has 0 amide bonds. The number of nitrogens with one attached hydrogen (secondary N) is 2. The topological polar surface area (TPSA) is 62.7 Å². The number of hydrogen-bond acceptors (Lipinski definition) is 5. The molecule has 2 N–H and O–H groups in total. The molecule has 100 valence electrons. The number of hydrogen-bond donors (Lipinski definition) is 2. The molecular formula is C12H13Cl2N5. The Balaban J connectivity index is 2.17. The molecule has 0 radical (unpaired) electrons.